The largest absolute Gasteiger partial charge is 0.327 e. The van der Waals surface area contributed by atoms with Crippen LogP contribution in [0.15, 0.2) is 12.3 Å². The molecule has 1 aliphatic rings. The molecule has 1 amide bonds. The van der Waals surface area contributed by atoms with Crippen molar-refractivity contribution < 1.29 is 4.79 Å². The number of hydrogen-bond acceptors (Lipinski definition) is 3. The van der Waals surface area contributed by atoms with Crippen molar-refractivity contribution in [2.24, 2.45) is 11.7 Å². The van der Waals surface area contributed by atoms with Crippen molar-refractivity contribution in [2.45, 2.75) is 32.2 Å². The summed E-state index contributed by atoms with van der Waals surface area (Å²) in [6.45, 7) is 1.88. The van der Waals surface area contributed by atoms with Gasteiger partial charge in [0.25, 0.3) is 0 Å². The van der Waals surface area contributed by atoms with Crippen LogP contribution in [0.3, 0.4) is 0 Å². The second-order valence-electron chi connectivity index (χ2n) is 4.55. The van der Waals surface area contributed by atoms with Crippen molar-refractivity contribution in [2.75, 3.05) is 5.32 Å². The number of pyridine rings is 1. The van der Waals surface area contributed by atoms with E-state index in [0.717, 1.165) is 18.4 Å². The van der Waals surface area contributed by atoms with Crippen molar-refractivity contribution in [3.63, 3.8) is 0 Å². The maximum atomic E-state index is 11.8. The lowest BCUT2D eigenvalue weighted by Gasteiger charge is -2.12. The molecule has 17 heavy (non-hydrogen) atoms. The molecule has 1 aliphatic carbocycles. The SMILES string of the molecule is Cc1ccnc(Cl)c1NC(=O)CC(N)C1CC1. The number of nitrogens with two attached hydrogens (primary N) is 1. The average Bonchev–Trinajstić information content (AvgIpc) is 3.07. The van der Waals surface area contributed by atoms with E-state index >= 15 is 0 Å². The Kier molecular flexibility index (Phi) is 3.64. The van der Waals surface area contributed by atoms with Crippen molar-refractivity contribution in [3.8, 4) is 0 Å². The summed E-state index contributed by atoms with van der Waals surface area (Å²) in [5, 5.41) is 3.10. The number of nitrogens with one attached hydrogen (secondary N) is 1. The standard InChI is InChI=1S/C12H16ClN3O/c1-7-4-5-15-12(13)11(7)16-10(17)6-9(14)8-2-3-8/h4-5,8-9H,2-3,6,14H2,1H3,(H,16,17). The number of aryl methyl sites for hydroxylation is 1. The first-order chi connectivity index (χ1) is 8.08. The van der Waals surface area contributed by atoms with Gasteiger partial charge < -0.3 is 11.1 Å². The molecule has 1 unspecified atom stereocenters. The van der Waals surface area contributed by atoms with Gasteiger partial charge in [-0.3, -0.25) is 4.79 Å². The van der Waals surface area contributed by atoms with Crippen LogP contribution in [0, 0.1) is 12.8 Å². The van der Waals surface area contributed by atoms with Gasteiger partial charge in [-0.05, 0) is 37.3 Å². The third-order valence-electron chi connectivity index (χ3n) is 3.03. The van der Waals surface area contributed by atoms with Gasteiger partial charge >= 0.3 is 0 Å². The molecule has 1 heterocycles. The zero-order chi connectivity index (χ0) is 12.4. The van der Waals surface area contributed by atoms with E-state index in [2.05, 4.69) is 10.3 Å². The van der Waals surface area contributed by atoms with Crippen molar-refractivity contribution >= 4 is 23.2 Å². The van der Waals surface area contributed by atoms with Crippen LogP contribution in [0.4, 0.5) is 5.69 Å². The Morgan fingerprint density at radius 2 is 2.41 bits per heavy atom. The fraction of sp³-hybridized carbons (Fsp3) is 0.500. The van der Waals surface area contributed by atoms with E-state index in [4.69, 9.17) is 17.3 Å². The minimum absolute atomic E-state index is 0.0363. The molecule has 2 rings (SSSR count). The van der Waals surface area contributed by atoms with Gasteiger partial charge in [0, 0.05) is 18.7 Å². The fourth-order valence-electron chi connectivity index (χ4n) is 1.77. The Morgan fingerprint density at radius 3 is 3.00 bits per heavy atom. The molecule has 0 radical (unpaired) electrons. The van der Waals surface area contributed by atoms with Crippen LogP contribution in [-0.2, 0) is 4.79 Å². The Balaban J connectivity index is 1.97. The summed E-state index contributed by atoms with van der Waals surface area (Å²) in [6, 6.07) is 1.77. The summed E-state index contributed by atoms with van der Waals surface area (Å²) in [6.07, 6.45) is 4.24. The third kappa shape index (κ3) is 3.17. The maximum Gasteiger partial charge on any atom is 0.226 e. The van der Waals surface area contributed by atoms with E-state index < -0.39 is 0 Å². The zero-order valence-corrected chi connectivity index (χ0v) is 10.5. The van der Waals surface area contributed by atoms with Crippen molar-refractivity contribution in [1.29, 1.82) is 0 Å². The minimum Gasteiger partial charge on any atom is -0.327 e. The van der Waals surface area contributed by atoms with Crippen LogP contribution in [0.2, 0.25) is 5.15 Å². The maximum absolute atomic E-state index is 11.8. The smallest absolute Gasteiger partial charge is 0.226 e. The molecular weight excluding hydrogens is 238 g/mol. The van der Waals surface area contributed by atoms with E-state index in [1.54, 1.807) is 6.20 Å². The highest BCUT2D eigenvalue weighted by Crippen LogP contribution is 2.33. The molecule has 1 aromatic rings. The molecule has 5 heteroatoms. The van der Waals surface area contributed by atoms with E-state index in [9.17, 15) is 4.79 Å². The number of carbonyl (C=O) groups excluding carboxylic acids is 1. The number of nitrogens with zero attached hydrogens (tertiary/aromatic N) is 1. The second kappa shape index (κ2) is 5.02. The summed E-state index contributed by atoms with van der Waals surface area (Å²) in [5.74, 6) is 0.425. The number of amides is 1. The van der Waals surface area contributed by atoms with Crippen LogP contribution in [-0.4, -0.2) is 16.9 Å². The second-order valence-corrected chi connectivity index (χ2v) is 4.91. The summed E-state index contributed by atoms with van der Waals surface area (Å²) < 4.78 is 0. The van der Waals surface area contributed by atoms with Crippen LogP contribution < -0.4 is 11.1 Å². The topological polar surface area (TPSA) is 68.0 Å². The minimum atomic E-state index is -0.0950. The zero-order valence-electron chi connectivity index (χ0n) is 9.74. The highest BCUT2D eigenvalue weighted by molar-refractivity contribution is 6.32. The lowest BCUT2D eigenvalue weighted by Crippen LogP contribution is -2.29. The van der Waals surface area contributed by atoms with Gasteiger partial charge in [0.05, 0.1) is 5.69 Å². The molecule has 1 aromatic heterocycles. The molecule has 1 atom stereocenters. The predicted octanol–water partition coefficient (Wildman–Crippen LogP) is 2.11. The highest BCUT2D eigenvalue weighted by atomic mass is 35.5. The molecule has 0 aliphatic heterocycles. The quantitative estimate of drug-likeness (QED) is 0.808. The van der Waals surface area contributed by atoms with Crippen molar-refractivity contribution in [3.05, 3.63) is 23.0 Å². The van der Waals surface area contributed by atoms with Crippen LogP contribution >= 0.6 is 11.6 Å². The Hall–Kier alpha value is -1.13. The summed E-state index contributed by atoms with van der Waals surface area (Å²) in [7, 11) is 0. The number of hydrogen-bond donors (Lipinski definition) is 2. The first-order valence-electron chi connectivity index (χ1n) is 5.74. The average molecular weight is 254 g/mol. The molecule has 1 saturated carbocycles. The van der Waals surface area contributed by atoms with Gasteiger partial charge in [-0.1, -0.05) is 11.6 Å². The van der Waals surface area contributed by atoms with E-state index in [-0.39, 0.29) is 11.9 Å². The molecule has 4 nitrogen and oxygen atoms in total. The van der Waals surface area contributed by atoms with Crippen molar-refractivity contribution in [1.82, 2.24) is 4.98 Å². The van der Waals surface area contributed by atoms with E-state index in [0.29, 0.717) is 23.2 Å². The van der Waals surface area contributed by atoms with Gasteiger partial charge in [-0.2, -0.15) is 0 Å². The predicted molar refractivity (Wildman–Crippen MR) is 67.9 cm³/mol. The van der Waals surface area contributed by atoms with E-state index in [1.807, 2.05) is 13.0 Å². The molecule has 0 spiro atoms. The van der Waals surface area contributed by atoms with Gasteiger partial charge in [0.1, 0.15) is 0 Å². The van der Waals surface area contributed by atoms with Crippen LogP contribution in [0.25, 0.3) is 0 Å². The number of aromatic nitrogens is 1. The number of rotatable bonds is 4. The van der Waals surface area contributed by atoms with Crippen LogP contribution in [0.1, 0.15) is 24.8 Å². The molecule has 0 saturated heterocycles. The number of carbonyl (C=O) groups is 1. The molecule has 0 aromatic carbocycles. The first kappa shape index (κ1) is 12.3. The Labute approximate surface area is 106 Å². The third-order valence-corrected chi connectivity index (χ3v) is 3.31. The Morgan fingerprint density at radius 1 is 1.71 bits per heavy atom. The first-order valence-corrected chi connectivity index (χ1v) is 6.12. The van der Waals surface area contributed by atoms with Gasteiger partial charge in [-0.25, -0.2) is 4.98 Å². The van der Waals surface area contributed by atoms with Gasteiger partial charge in [0.15, 0.2) is 5.15 Å². The lowest BCUT2D eigenvalue weighted by molar-refractivity contribution is -0.116. The summed E-state index contributed by atoms with van der Waals surface area (Å²) in [5.41, 5.74) is 7.39. The van der Waals surface area contributed by atoms with Crippen LogP contribution in [0.5, 0.6) is 0 Å². The highest BCUT2D eigenvalue weighted by Gasteiger charge is 2.29. The summed E-state index contributed by atoms with van der Waals surface area (Å²) >= 11 is 5.93. The van der Waals surface area contributed by atoms with E-state index in [1.165, 1.54) is 0 Å². The number of anilines is 1. The fourth-order valence-corrected chi connectivity index (χ4v) is 2.02. The summed E-state index contributed by atoms with van der Waals surface area (Å²) in [4.78, 5) is 15.7. The molecular formula is C12H16ClN3O. The Bertz CT molecular complexity index is 412. The molecule has 1 fully saturated rings. The normalized spacial score (nSPS) is 16.6. The molecule has 92 valence electrons. The lowest BCUT2D eigenvalue weighted by atomic mass is 10.1. The number of halogens is 1. The molecule has 3 N–H and O–H groups in total. The van der Waals surface area contributed by atoms with Gasteiger partial charge in [0.2, 0.25) is 5.91 Å². The van der Waals surface area contributed by atoms with Gasteiger partial charge in [-0.15, -0.1) is 0 Å². The monoisotopic (exact) mass is 253 g/mol. The molecule has 0 bridgehead atoms.